The van der Waals surface area contributed by atoms with Gasteiger partial charge in [0.2, 0.25) is 0 Å². The molecule has 7 nitrogen and oxygen atoms in total. The molecule has 0 amide bonds. The van der Waals surface area contributed by atoms with Gasteiger partial charge in [-0.15, -0.1) is 0 Å². The normalized spacial score (nSPS) is 10.8. The highest BCUT2D eigenvalue weighted by Crippen LogP contribution is 2.37. The van der Waals surface area contributed by atoms with Crippen LogP contribution in [0.5, 0.6) is 11.5 Å². The Morgan fingerprint density at radius 1 is 1.03 bits per heavy atom. The lowest BCUT2D eigenvalue weighted by molar-refractivity contribution is 0.305. The Morgan fingerprint density at radius 3 is 2.42 bits per heavy atom. The van der Waals surface area contributed by atoms with E-state index in [1.807, 2.05) is 59.8 Å². The molecule has 0 radical (unpaired) electrons. The Labute approximate surface area is 182 Å². The van der Waals surface area contributed by atoms with Crippen LogP contribution in [0.15, 0.2) is 70.9 Å². The number of aliphatic hydroxyl groups is 1. The van der Waals surface area contributed by atoms with Gasteiger partial charge in [-0.1, -0.05) is 6.07 Å². The van der Waals surface area contributed by atoms with E-state index < -0.39 is 0 Å². The van der Waals surface area contributed by atoms with E-state index in [4.69, 9.17) is 9.47 Å². The number of ether oxygens (including phenoxy) is 2. The Balaban J connectivity index is 1.90. The third kappa shape index (κ3) is 5.67. The van der Waals surface area contributed by atoms with Gasteiger partial charge in [-0.2, -0.15) is 0 Å². The van der Waals surface area contributed by atoms with E-state index in [0.717, 1.165) is 22.6 Å². The van der Waals surface area contributed by atoms with Crippen LogP contribution in [0.1, 0.15) is 5.56 Å². The molecule has 31 heavy (non-hydrogen) atoms. The van der Waals surface area contributed by atoms with E-state index in [1.165, 1.54) is 0 Å². The van der Waals surface area contributed by atoms with Crippen molar-refractivity contribution in [1.29, 1.82) is 0 Å². The van der Waals surface area contributed by atoms with Crippen LogP contribution in [0.4, 0.5) is 22.7 Å². The van der Waals surface area contributed by atoms with Gasteiger partial charge in [-0.25, -0.2) is 0 Å². The highest BCUT2D eigenvalue weighted by molar-refractivity contribution is 5.78. The second kappa shape index (κ2) is 10.9. The monoisotopic (exact) mass is 418 g/mol. The maximum atomic E-state index is 9.65. The summed E-state index contributed by atoms with van der Waals surface area (Å²) >= 11 is 0. The van der Waals surface area contributed by atoms with E-state index in [0.29, 0.717) is 30.2 Å². The molecule has 0 aliphatic rings. The van der Waals surface area contributed by atoms with Crippen molar-refractivity contribution in [1.82, 2.24) is 4.98 Å². The Bertz CT molecular complexity index is 1020. The van der Waals surface area contributed by atoms with Crippen molar-refractivity contribution in [3.05, 3.63) is 66.5 Å². The first-order valence-electron chi connectivity index (χ1n) is 9.82. The standard InChI is InChI=1S/C24H26N4O3/c1-25-24-15-19(6-7-23(24)27-10-8-18-5-4-9-26-17-18)28(11-12-29)20-13-21(30-2)16-22(14-20)31-3/h4-7,9-10,13-17,29H,1,8,11-12H2,2-3H3/b27-10-. The number of hydrogen-bond donors (Lipinski definition) is 1. The van der Waals surface area contributed by atoms with Crippen LogP contribution in [0.25, 0.3) is 0 Å². The Kier molecular flexibility index (Phi) is 7.73. The van der Waals surface area contributed by atoms with Crippen LogP contribution >= 0.6 is 0 Å². The van der Waals surface area contributed by atoms with Gasteiger partial charge >= 0.3 is 0 Å². The van der Waals surface area contributed by atoms with Gasteiger partial charge in [0.05, 0.1) is 32.2 Å². The van der Waals surface area contributed by atoms with Crippen molar-refractivity contribution < 1.29 is 14.6 Å². The fourth-order valence-electron chi connectivity index (χ4n) is 3.14. The zero-order chi connectivity index (χ0) is 22.1. The third-order valence-corrected chi connectivity index (χ3v) is 4.69. The molecule has 0 bridgehead atoms. The first-order chi connectivity index (χ1) is 15.2. The zero-order valence-corrected chi connectivity index (χ0v) is 17.7. The summed E-state index contributed by atoms with van der Waals surface area (Å²) in [7, 11) is 3.21. The van der Waals surface area contributed by atoms with E-state index in [9.17, 15) is 5.11 Å². The lowest BCUT2D eigenvalue weighted by atomic mass is 10.2. The van der Waals surface area contributed by atoms with Gasteiger partial charge in [-0.3, -0.25) is 15.0 Å². The second-order valence-electron chi connectivity index (χ2n) is 6.65. The molecular formula is C24H26N4O3. The minimum Gasteiger partial charge on any atom is -0.497 e. The van der Waals surface area contributed by atoms with Crippen LogP contribution in [-0.2, 0) is 6.42 Å². The van der Waals surface area contributed by atoms with Crippen molar-refractivity contribution in [2.75, 3.05) is 32.3 Å². The van der Waals surface area contributed by atoms with Crippen LogP contribution < -0.4 is 14.4 Å². The average molecular weight is 418 g/mol. The molecule has 0 aliphatic carbocycles. The number of aliphatic imine (C=N–C) groups is 2. The molecule has 0 aliphatic heterocycles. The molecular weight excluding hydrogens is 392 g/mol. The van der Waals surface area contributed by atoms with Gasteiger partial charge in [0.15, 0.2) is 0 Å². The van der Waals surface area contributed by atoms with Crippen molar-refractivity contribution in [2.45, 2.75) is 6.42 Å². The summed E-state index contributed by atoms with van der Waals surface area (Å²) in [5, 5.41) is 9.65. The van der Waals surface area contributed by atoms with E-state index in [1.54, 1.807) is 26.5 Å². The topological polar surface area (TPSA) is 79.5 Å². The summed E-state index contributed by atoms with van der Waals surface area (Å²) in [5.74, 6) is 1.33. The number of pyridine rings is 1. The SMILES string of the molecule is C=Nc1cc(N(CCO)c2cc(OC)cc(OC)c2)ccc1/N=C\Cc1cccnc1. The molecule has 1 aromatic heterocycles. The fourth-order valence-corrected chi connectivity index (χ4v) is 3.14. The molecule has 2 aromatic carbocycles. The highest BCUT2D eigenvalue weighted by Gasteiger charge is 2.14. The summed E-state index contributed by atoms with van der Waals surface area (Å²) in [6.07, 6.45) is 6.07. The lowest BCUT2D eigenvalue weighted by Crippen LogP contribution is -2.21. The summed E-state index contributed by atoms with van der Waals surface area (Å²) in [6, 6.07) is 15.2. The smallest absolute Gasteiger partial charge is 0.124 e. The molecule has 0 spiro atoms. The minimum absolute atomic E-state index is 0.0264. The largest absolute Gasteiger partial charge is 0.497 e. The van der Waals surface area contributed by atoms with Gasteiger partial charge in [-0.05, 0) is 36.5 Å². The maximum Gasteiger partial charge on any atom is 0.124 e. The van der Waals surface area contributed by atoms with E-state index in [2.05, 4.69) is 21.7 Å². The van der Waals surface area contributed by atoms with Crippen LogP contribution in [0.3, 0.4) is 0 Å². The summed E-state index contributed by atoms with van der Waals surface area (Å²) < 4.78 is 10.8. The fraction of sp³-hybridized carbons (Fsp3) is 0.208. The first kappa shape index (κ1) is 22.0. The first-order valence-corrected chi connectivity index (χ1v) is 9.82. The van der Waals surface area contributed by atoms with E-state index in [-0.39, 0.29) is 6.61 Å². The molecule has 160 valence electrons. The van der Waals surface area contributed by atoms with Gasteiger partial charge in [0.25, 0.3) is 0 Å². The quantitative estimate of drug-likeness (QED) is 0.490. The lowest BCUT2D eigenvalue weighted by Gasteiger charge is -2.25. The molecule has 1 N–H and O–H groups in total. The third-order valence-electron chi connectivity index (χ3n) is 4.69. The molecule has 1 heterocycles. The number of rotatable bonds is 10. The molecule has 7 heteroatoms. The Morgan fingerprint density at radius 2 is 1.81 bits per heavy atom. The number of hydrogen-bond acceptors (Lipinski definition) is 7. The minimum atomic E-state index is -0.0264. The Hall–Kier alpha value is -3.71. The molecule has 0 fully saturated rings. The number of aliphatic hydroxyl groups excluding tert-OH is 1. The number of nitrogens with zero attached hydrogens (tertiary/aromatic N) is 4. The van der Waals surface area contributed by atoms with Gasteiger partial charge < -0.3 is 19.5 Å². The average Bonchev–Trinajstić information content (AvgIpc) is 2.83. The number of methoxy groups -OCH3 is 2. The maximum absolute atomic E-state index is 9.65. The second-order valence-corrected chi connectivity index (χ2v) is 6.65. The number of benzene rings is 2. The predicted molar refractivity (Wildman–Crippen MR) is 125 cm³/mol. The van der Waals surface area contributed by atoms with Crippen LogP contribution in [0, 0.1) is 0 Å². The molecule has 3 rings (SSSR count). The number of aromatic nitrogens is 1. The zero-order valence-electron chi connectivity index (χ0n) is 17.7. The predicted octanol–water partition coefficient (Wildman–Crippen LogP) is 4.51. The number of anilines is 2. The van der Waals surface area contributed by atoms with Crippen molar-refractivity contribution in [3.8, 4) is 11.5 Å². The molecule has 0 saturated heterocycles. The molecule has 0 atom stereocenters. The van der Waals surface area contributed by atoms with E-state index >= 15 is 0 Å². The molecule has 3 aromatic rings. The van der Waals surface area contributed by atoms with Crippen LogP contribution in [0.2, 0.25) is 0 Å². The summed E-state index contributed by atoms with van der Waals surface area (Å²) in [4.78, 5) is 14.8. The van der Waals surface area contributed by atoms with Crippen molar-refractivity contribution in [2.24, 2.45) is 9.98 Å². The van der Waals surface area contributed by atoms with Crippen molar-refractivity contribution >= 4 is 35.7 Å². The highest BCUT2D eigenvalue weighted by atomic mass is 16.5. The molecule has 0 saturated carbocycles. The summed E-state index contributed by atoms with van der Waals surface area (Å²) in [6.45, 7) is 4.05. The van der Waals surface area contributed by atoms with Crippen LogP contribution in [-0.4, -0.2) is 50.4 Å². The van der Waals surface area contributed by atoms with Gasteiger partial charge in [0, 0.05) is 61.1 Å². The summed E-state index contributed by atoms with van der Waals surface area (Å²) in [5.41, 5.74) is 4.12. The van der Waals surface area contributed by atoms with Crippen molar-refractivity contribution in [3.63, 3.8) is 0 Å². The van der Waals surface area contributed by atoms with Gasteiger partial charge in [0.1, 0.15) is 11.5 Å². The molecule has 0 unspecified atom stereocenters.